The second-order valence-corrected chi connectivity index (χ2v) is 6.64. The van der Waals surface area contributed by atoms with Gasteiger partial charge in [-0.15, -0.1) is 0 Å². The molecule has 0 saturated carbocycles. The number of ether oxygens (including phenoxy) is 3. The first-order valence-electron chi connectivity index (χ1n) is 8.64. The number of nitrogens with two attached hydrogens (primary N) is 1. The minimum absolute atomic E-state index is 0.0224. The van der Waals surface area contributed by atoms with Gasteiger partial charge in [-0.2, -0.15) is 8.78 Å². The number of carbonyl (C=O) groups is 3. The summed E-state index contributed by atoms with van der Waals surface area (Å²) in [6.07, 6.45) is -0.905. The maximum atomic E-state index is 14.4. The molecule has 1 heterocycles. The molecule has 158 valence electrons. The Kier molecular flexibility index (Phi) is 7.48. The fourth-order valence-electron chi connectivity index (χ4n) is 2.17. The summed E-state index contributed by atoms with van der Waals surface area (Å²) in [7, 11) is 0. The Morgan fingerprint density at radius 1 is 1.14 bits per heavy atom. The first kappa shape index (κ1) is 23.3. The number of rotatable bonds is 6. The van der Waals surface area contributed by atoms with Gasteiger partial charge in [0.1, 0.15) is 22.7 Å². The van der Waals surface area contributed by atoms with E-state index >= 15 is 0 Å². The summed E-state index contributed by atoms with van der Waals surface area (Å²) in [6, 6.07) is 0. The van der Waals surface area contributed by atoms with Gasteiger partial charge in [0, 0.05) is 0 Å². The summed E-state index contributed by atoms with van der Waals surface area (Å²) in [5, 5.41) is 0. The highest BCUT2D eigenvalue weighted by Crippen LogP contribution is 2.28. The Morgan fingerprint density at radius 3 is 2.21 bits per heavy atom. The molecule has 0 aromatic carbocycles. The number of amides is 1. The Labute approximate surface area is 161 Å². The molecule has 1 aliphatic rings. The van der Waals surface area contributed by atoms with Crippen LogP contribution in [0.5, 0.6) is 0 Å². The molecule has 0 atom stereocenters. The first-order chi connectivity index (χ1) is 12.9. The molecule has 0 radical (unpaired) electrons. The normalized spacial score (nSPS) is 15.5. The van der Waals surface area contributed by atoms with Gasteiger partial charge in [0.05, 0.1) is 26.3 Å². The van der Waals surface area contributed by atoms with Crippen LogP contribution in [0.4, 0.5) is 13.6 Å². The van der Waals surface area contributed by atoms with E-state index in [0.717, 1.165) is 4.90 Å². The summed E-state index contributed by atoms with van der Waals surface area (Å²) in [4.78, 5) is 41.2. The van der Waals surface area contributed by atoms with Crippen molar-refractivity contribution in [2.75, 3.05) is 26.3 Å². The van der Waals surface area contributed by atoms with Crippen LogP contribution >= 0.6 is 0 Å². The number of hydrogen-bond acceptors (Lipinski definition) is 8. The SMILES string of the molecule is CCOC(=O)C(C1=NCCN1C(=O)OC(C)(C)C)=C(N)C(F)(F)C(=O)OCC. The zero-order valence-electron chi connectivity index (χ0n) is 16.5. The second-order valence-electron chi connectivity index (χ2n) is 6.64. The smallest absolute Gasteiger partial charge is 0.416 e. The maximum Gasteiger partial charge on any atom is 0.416 e. The summed E-state index contributed by atoms with van der Waals surface area (Å²) in [5.74, 6) is -7.97. The van der Waals surface area contributed by atoms with Gasteiger partial charge in [-0.25, -0.2) is 14.4 Å². The second kappa shape index (κ2) is 8.98. The molecule has 1 aliphatic heterocycles. The molecule has 28 heavy (non-hydrogen) atoms. The van der Waals surface area contributed by atoms with Crippen molar-refractivity contribution in [3.05, 3.63) is 11.3 Å². The monoisotopic (exact) mass is 405 g/mol. The van der Waals surface area contributed by atoms with E-state index < -0.39 is 46.7 Å². The lowest BCUT2D eigenvalue weighted by Crippen LogP contribution is -2.45. The fraction of sp³-hybridized carbons (Fsp3) is 0.647. The van der Waals surface area contributed by atoms with Crippen LogP contribution in [0.2, 0.25) is 0 Å². The highest BCUT2D eigenvalue weighted by molar-refractivity contribution is 6.23. The summed E-state index contributed by atoms with van der Waals surface area (Å²) < 4.78 is 43.2. The van der Waals surface area contributed by atoms with Gasteiger partial charge in [0.2, 0.25) is 0 Å². The molecule has 0 aliphatic carbocycles. The van der Waals surface area contributed by atoms with Gasteiger partial charge in [-0.3, -0.25) is 9.89 Å². The van der Waals surface area contributed by atoms with Gasteiger partial charge < -0.3 is 19.9 Å². The van der Waals surface area contributed by atoms with Crippen LogP contribution in [-0.4, -0.2) is 66.6 Å². The molecular formula is C17H25F2N3O6. The van der Waals surface area contributed by atoms with Crippen molar-refractivity contribution in [1.29, 1.82) is 0 Å². The third-order valence-corrected chi connectivity index (χ3v) is 3.30. The number of alkyl halides is 2. The molecule has 1 rings (SSSR count). The van der Waals surface area contributed by atoms with Crippen LogP contribution < -0.4 is 5.73 Å². The van der Waals surface area contributed by atoms with Gasteiger partial charge in [-0.05, 0) is 34.6 Å². The van der Waals surface area contributed by atoms with E-state index in [4.69, 9.17) is 15.2 Å². The molecule has 0 unspecified atom stereocenters. The lowest BCUT2D eigenvalue weighted by Gasteiger charge is -2.26. The van der Waals surface area contributed by atoms with Crippen molar-refractivity contribution in [1.82, 2.24) is 4.90 Å². The van der Waals surface area contributed by atoms with Crippen LogP contribution in [0.1, 0.15) is 34.6 Å². The van der Waals surface area contributed by atoms with E-state index in [2.05, 4.69) is 9.73 Å². The van der Waals surface area contributed by atoms with E-state index in [1.165, 1.54) is 13.8 Å². The fourth-order valence-corrected chi connectivity index (χ4v) is 2.17. The van der Waals surface area contributed by atoms with Crippen molar-refractivity contribution in [2.45, 2.75) is 46.1 Å². The third kappa shape index (κ3) is 5.40. The maximum absolute atomic E-state index is 14.4. The number of hydrogen-bond donors (Lipinski definition) is 1. The number of nitrogens with zero attached hydrogens (tertiary/aromatic N) is 2. The quantitative estimate of drug-likeness (QED) is 0.405. The Hall–Kier alpha value is -2.72. The van der Waals surface area contributed by atoms with Crippen molar-refractivity contribution in [3.63, 3.8) is 0 Å². The average molecular weight is 405 g/mol. The van der Waals surface area contributed by atoms with Crippen LogP contribution in [0.25, 0.3) is 0 Å². The van der Waals surface area contributed by atoms with Crippen molar-refractivity contribution in [2.24, 2.45) is 10.7 Å². The zero-order valence-corrected chi connectivity index (χ0v) is 16.5. The average Bonchev–Trinajstić information content (AvgIpc) is 3.03. The van der Waals surface area contributed by atoms with E-state index in [9.17, 15) is 23.2 Å². The van der Waals surface area contributed by atoms with Crippen LogP contribution in [-0.2, 0) is 23.8 Å². The third-order valence-electron chi connectivity index (χ3n) is 3.30. The Bertz CT molecular complexity index is 697. The van der Waals surface area contributed by atoms with Crippen LogP contribution in [0.3, 0.4) is 0 Å². The predicted molar refractivity (Wildman–Crippen MR) is 94.7 cm³/mol. The van der Waals surface area contributed by atoms with Gasteiger partial charge in [0.25, 0.3) is 0 Å². The molecule has 2 N–H and O–H groups in total. The molecule has 0 aromatic rings. The molecule has 0 fully saturated rings. The molecule has 0 spiro atoms. The first-order valence-corrected chi connectivity index (χ1v) is 8.64. The van der Waals surface area contributed by atoms with E-state index in [1.807, 2.05) is 0 Å². The van der Waals surface area contributed by atoms with Crippen molar-refractivity contribution >= 4 is 23.9 Å². The molecule has 0 saturated heterocycles. The molecular weight excluding hydrogens is 380 g/mol. The zero-order chi connectivity index (χ0) is 21.7. The van der Waals surface area contributed by atoms with Gasteiger partial charge in [0.15, 0.2) is 0 Å². The molecule has 11 heteroatoms. The van der Waals surface area contributed by atoms with Gasteiger partial charge >= 0.3 is 24.0 Å². The number of halogens is 2. The Morgan fingerprint density at radius 2 is 1.71 bits per heavy atom. The topological polar surface area (TPSA) is 121 Å². The summed E-state index contributed by atoms with van der Waals surface area (Å²) in [5.41, 5.74) is 2.32. The van der Waals surface area contributed by atoms with E-state index in [1.54, 1.807) is 20.8 Å². The summed E-state index contributed by atoms with van der Waals surface area (Å²) in [6.45, 7) is 7.17. The lowest BCUT2D eigenvalue weighted by molar-refractivity contribution is -0.166. The molecule has 9 nitrogen and oxygen atoms in total. The van der Waals surface area contributed by atoms with Crippen molar-refractivity contribution in [3.8, 4) is 0 Å². The molecule has 0 bridgehead atoms. The Balaban J connectivity index is 3.43. The van der Waals surface area contributed by atoms with E-state index in [-0.39, 0.29) is 26.3 Å². The summed E-state index contributed by atoms with van der Waals surface area (Å²) >= 11 is 0. The largest absolute Gasteiger partial charge is 0.462 e. The standard InChI is InChI=1S/C17H25F2N3O6/c1-6-26-13(23)10(11(20)17(18,19)14(24)27-7-2)12-21-8-9-22(12)15(25)28-16(3,4)5/h6-9,20H2,1-5H3. The molecule has 1 amide bonds. The number of amidine groups is 1. The predicted octanol–water partition coefficient (Wildman–Crippen LogP) is 1.61. The number of esters is 2. The highest BCUT2D eigenvalue weighted by Gasteiger charge is 2.49. The van der Waals surface area contributed by atoms with Gasteiger partial charge in [-0.1, -0.05) is 0 Å². The number of aliphatic imine (C=N–C) groups is 1. The highest BCUT2D eigenvalue weighted by atomic mass is 19.3. The number of carbonyl (C=O) groups excluding carboxylic acids is 3. The van der Waals surface area contributed by atoms with Crippen molar-refractivity contribution < 1.29 is 37.4 Å². The minimum atomic E-state index is -4.33. The van der Waals surface area contributed by atoms with Crippen LogP contribution in [0, 0.1) is 0 Å². The minimum Gasteiger partial charge on any atom is -0.462 e. The van der Waals surface area contributed by atoms with E-state index in [0.29, 0.717) is 0 Å². The lowest BCUT2D eigenvalue weighted by atomic mass is 10.1. The van der Waals surface area contributed by atoms with Crippen LogP contribution in [0.15, 0.2) is 16.3 Å². The molecule has 0 aromatic heterocycles.